The van der Waals surface area contributed by atoms with Crippen LogP contribution in [0, 0.1) is 0 Å². The van der Waals surface area contributed by atoms with E-state index in [1.807, 2.05) is 19.1 Å². The molecule has 1 atom stereocenters. The van der Waals surface area contributed by atoms with E-state index in [4.69, 9.17) is 9.47 Å². The number of anilines is 1. The zero-order valence-corrected chi connectivity index (χ0v) is 14.9. The summed E-state index contributed by atoms with van der Waals surface area (Å²) in [4.78, 5) is 24.1. The number of hydrogen-bond acceptors (Lipinski definition) is 6. The Balaban J connectivity index is 1.68. The van der Waals surface area contributed by atoms with E-state index in [9.17, 15) is 4.79 Å². The number of hydrogen-bond donors (Lipinski definition) is 2. The zero-order chi connectivity index (χ0) is 17.8. The number of carbonyl (C=O) groups excluding carboxylic acids is 1. The van der Waals surface area contributed by atoms with Crippen LogP contribution in [0.25, 0.3) is 11.2 Å². The first-order chi connectivity index (χ1) is 12.1. The van der Waals surface area contributed by atoms with Crippen molar-refractivity contribution < 1.29 is 14.3 Å². The number of thioether (sulfide) groups is 1. The van der Waals surface area contributed by atoms with Gasteiger partial charge in [0, 0.05) is 18.0 Å². The lowest BCUT2D eigenvalue weighted by atomic mass is 10.2. The van der Waals surface area contributed by atoms with Crippen LogP contribution in [0.5, 0.6) is 11.5 Å². The number of aromatic nitrogens is 3. The molecule has 2 N–H and O–H groups in total. The van der Waals surface area contributed by atoms with Crippen molar-refractivity contribution in [3.05, 3.63) is 36.5 Å². The van der Waals surface area contributed by atoms with Gasteiger partial charge in [0.05, 0.1) is 25.0 Å². The summed E-state index contributed by atoms with van der Waals surface area (Å²) in [5.74, 6) is 1.03. The average molecular weight is 358 g/mol. The largest absolute Gasteiger partial charge is 0.493 e. The molecule has 0 aliphatic rings. The summed E-state index contributed by atoms with van der Waals surface area (Å²) in [6.07, 6.45) is 1.69. The van der Waals surface area contributed by atoms with E-state index in [0.717, 1.165) is 5.52 Å². The number of H-pyrrole nitrogens is 1. The van der Waals surface area contributed by atoms with Crippen LogP contribution in [-0.4, -0.2) is 40.3 Å². The molecule has 0 bridgehead atoms. The summed E-state index contributed by atoms with van der Waals surface area (Å²) in [5, 5.41) is 3.19. The molecule has 3 aromatic rings. The summed E-state index contributed by atoms with van der Waals surface area (Å²) in [5.41, 5.74) is 2.12. The van der Waals surface area contributed by atoms with Crippen LogP contribution in [-0.2, 0) is 4.79 Å². The van der Waals surface area contributed by atoms with E-state index in [1.165, 1.54) is 11.8 Å². The van der Waals surface area contributed by atoms with E-state index in [0.29, 0.717) is 28.0 Å². The highest BCUT2D eigenvalue weighted by molar-refractivity contribution is 8.00. The van der Waals surface area contributed by atoms with Crippen molar-refractivity contribution in [3.63, 3.8) is 0 Å². The van der Waals surface area contributed by atoms with Gasteiger partial charge in [0.2, 0.25) is 5.91 Å². The highest BCUT2D eigenvalue weighted by Gasteiger charge is 2.17. The second-order valence-electron chi connectivity index (χ2n) is 5.24. The van der Waals surface area contributed by atoms with Gasteiger partial charge in [0.15, 0.2) is 22.3 Å². The molecule has 0 saturated carbocycles. The molecular weight excluding hydrogens is 340 g/mol. The van der Waals surface area contributed by atoms with Crippen molar-refractivity contribution in [2.75, 3.05) is 19.5 Å². The van der Waals surface area contributed by atoms with Gasteiger partial charge in [-0.05, 0) is 31.2 Å². The highest BCUT2D eigenvalue weighted by Crippen LogP contribution is 2.30. The van der Waals surface area contributed by atoms with E-state index in [-0.39, 0.29) is 11.2 Å². The lowest BCUT2D eigenvalue weighted by molar-refractivity contribution is -0.115. The van der Waals surface area contributed by atoms with Crippen molar-refractivity contribution >= 4 is 34.5 Å². The first kappa shape index (κ1) is 17.1. The fraction of sp³-hybridized carbons (Fsp3) is 0.235. The van der Waals surface area contributed by atoms with Crippen LogP contribution in [0.15, 0.2) is 41.7 Å². The maximum atomic E-state index is 12.4. The summed E-state index contributed by atoms with van der Waals surface area (Å²) in [6.45, 7) is 1.82. The number of rotatable bonds is 6. The summed E-state index contributed by atoms with van der Waals surface area (Å²) >= 11 is 1.34. The molecular formula is C17H18N4O3S. The van der Waals surface area contributed by atoms with Gasteiger partial charge < -0.3 is 19.8 Å². The number of imidazole rings is 1. The van der Waals surface area contributed by atoms with E-state index in [2.05, 4.69) is 20.3 Å². The summed E-state index contributed by atoms with van der Waals surface area (Å²) < 4.78 is 10.4. The van der Waals surface area contributed by atoms with Crippen molar-refractivity contribution in [3.8, 4) is 11.5 Å². The third-order valence-corrected chi connectivity index (χ3v) is 4.53. The van der Waals surface area contributed by atoms with Crippen molar-refractivity contribution in [2.45, 2.75) is 17.3 Å². The molecule has 2 heterocycles. The van der Waals surface area contributed by atoms with Crippen molar-refractivity contribution in [1.82, 2.24) is 15.0 Å². The second-order valence-corrected chi connectivity index (χ2v) is 6.57. The van der Waals surface area contributed by atoms with Crippen molar-refractivity contribution in [2.24, 2.45) is 0 Å². The third-order valence-electron chi connectivity index (χ3n) is 3.54. The number of ether oxygens (including phenoxy) is 2. The minimum Gasteiger partial charge on any atom is -0.493 e. The fourth-order valence-corrected chi connectivity index (χ4v) is 3.07. The number of aromatic amines is 1. The Bertz CT molecular complexity index is 863. The minimum atomic E-state index is -0.339. The van der Waals surface area contributed by atoms with Crippen LogP contribution in [0.1, 0.15) is 6.92 Å². The number of pyridine rings is 1. The SMILES string of the molecule is COc1ccc(NC(=O)[C@H](C)Sc2nc3ncccc3[nH]2)cc1OC. The third kappa shape index (κ3) is 3.85. The molecule has 130 valence electrons. The Morgan fingerprint density at radius 3 is 2.76 bits per heavy atom. The number of fused-ring (bicyclic) bond motifs is 1. The van der Waals surface area contributed by atoms with E-state index >= 15 is 0 Å². The van der Waals surface area contributed by atoms with Gasteiger partial charge in [-0.3, -0.25) is 4.79 Å². The average Bonchev–Trinajstić information content (AvgIpc) is 3.03. The Morgan fingerprint density at radius 2 is 2.04 bits per heavy atom. The molecule has 3 rings (SSSR count). The molecule has 0 spiro atoms. The van der Waals surface area contributed by atoms with Gasteiger partial charge in [0.25, 0.3) is 0 Å². The fourth-order valence-electron chi connectivity index (χ4n) is 2.26. The van der Waals surface area contributed by atoms with Crippen LogP contribution >= 0.6 is 11.8 Å². The van der Waals surface area contributed by atoms with Crippen LogP contribution in [0.3, 0.4) is 0 Å². The number of methoxy groups -OCH3 is 2. The molecule has 0 fully saturated rings. The maximum Gasteiger partial charge on any atom is 0.237 e. The molecule has 0 radical (unpaired) electrons. The minimum absolute atomic E-state index is 0.134. The van der Waals surface area contributed by atoms with Crippen LogP contribution in [0.2, 0.25) is 0 Å². The standard InChI is InChI=1S/C17H18N4O3S/c1-10(25-17-20-12-5-4-8-18-15(12)21-17)16(22)19-11-6-7-13(23-2)14(9-11)24-3/h4-10H,1-3H3,(H,19,22)(H,18,20,21)/t10-/m0/s1. The van der Waals surface area contributed by atoms with Gasteiger partial charge >= 0.3 is 0 Å². The van der Waals surface area contributed by atoms with Gasteiger partial charge in [-0.25, -0.2) is 9.97 Å². The first-order valence-electron chi connectivity index (χ1n) is 7.61. The van der Waals surface area contributed by atoms with Crippen LogP contribution in [0.4, 0.5) is 5.69 Å². The number of nitrogens with one attached hydrogen (secondary N) is 2. The van der Waals surface area contributed by atoms with Gasteiger partial charge in [-0.1, -0.05) is 11.8 Å². The predicted molar refractivity (Wildman–Crippen MR) is 97.4 cm³/mol. The Morgan fingerprint density at radius 1 is 1.24 bits per heavy atom. The molecule has 1 aromatic carbocycles. The lowest BCUT2D eigenvalue weighted by Gasteiger charge is -2.13. The van der Waals surface area contributed by atoms with Gasteiger partial charge in [0.1, 0.15) is 0 Å². The molecule has 0 aliphatic carbocycles. The molecule has 0 saturated heterocycles. The monoisotopic (exact) mass is 358 g/mol. The number of carbonyl (C=O) groups is 1. The zero-order valence-electron chi connectivity index (χ0n) is 14.1. The normalized spacial score (nSPS) is 12.0. The Labute approximate surface area is 149 Å². The lowest BCUT2D eigenvalue weighted by Crippen LogP contribution is -2.22. The number of benzene rings is 1. The first-order valence-corrected chi connectivity index (χ1v) is 8.49. The predicted octanol–water partition coefficient (Wildman–Crippen LogP) is 3.09. The van der Waals surface area contributed by atoms with E-state index in [1.54, 1.807) is 38.6 Å². The molecule has 1 amide bonds. The number of amides is 1. The Kier molecular flexibility index (Phi) is 5.08. The molecule has 7 nitrogen and oxygen atoms in total. The van der Waals surface area contributed by atoms with Gasteiger partial charge in [-0.2, -0.15) is 0 Å². The molecule has 0 aliphatic heterocycles. The maximum absolute atomic E-state index is 12.4. The molecule has 25 heavy (non-hydrogen) atoms. The topological polar surface area (TPSA) is 89.1 Å². The highest BCUT2D eigenvalue weighted by atomic mass is 32.2. The summed E-state index contributed by atoms with van der Waals surface area (Å²) in [6, 6.07) is 8.97. The molecule has 8 heteroatoms. The molecule has 0 unspecified atom stereocenters. The Hall–Kier alpha value is -2.74. The quantitative estimate of drug-likeness (QED) is 0.658. The molecule has 2 aromatic heterocycles. The smallest absolute Gasteiger partial charge is 0.237 e. The van der Waals surface area contributed by atoms with E-state index < -0.39 is 0 Å². The number of nitrogens with zero attached hydrogens (tertiary/aromatic N) is 2. The van der Waals surface area contributed by atoms with Gasteiger partial charge in [-0.15, -0.1) is 0 Å². The second kappa shape index (κ2) is 7.43. The summed E-state index contributed by atoms with van der Waals surface area (Å²) in [7, 11) is 3.12. The van der Waals surface area contributed by atoms with Crippen LogP contribution < -0.4 is 14.8 Å². The van der Waals surface area contributed by atoms with Crippen molar-refractivity contribution in [1.29, 1.82) is 0 Å².